The Bertz CT molecular complexity index is 2420. The van der Waals surface area contributed by atoms with Gasteiger partial charge in [-0.3, -0.25) is 0 Å². The Labute approximate surface area is 266 Å². The van der Waals surface area contributed by atoms with Crippen molar-refractivity contribution in [1.29, 1.82) is 0 Å². The lowest BCUT2D eigenvalue weighted by molar-refractivity contribution is 0.794. The second kappa shape index (κ2) is 9.28. The largest absolute Gasteiger partial charge is 0.354 e. The molecule has 2 heteroatoms. The molecule has 1 aromatic heterocycles. The summed E-state index contributed by atoms with van der Waals surface area (Å²) in [4.78, 5) is 0. The van der Waals surface area contributed by atoms with E-state index in [1.807, 2.05) is 11.3 Å². The number of fused-ring (bicyclic) bond motifs is 13. The predicted octanol–water partition coefficient (Wildman–Crippen LogP) is 11.8. The van der Waals surface area contributed by atoms with Gasteiger partial charge in [-0.05, 0) is 62.2 Å². The van der Waals surface area contributed by atoms with E-state index < -0.39 is 0 Å². The van der Waals surface area contributed by atoms with E-state index in [4.69, 9.17) is 0 Å². The SMILES string of the molecule is c1ccc(-c2cccc3c2sc2c(Nc4cccc5c4-c4ccccc4C54c5ccccc5-c5ccccc54)cccc23)cc1. The van der Waals surface area contributed by atoms with E-state index in [1.54, 1.807) is 0 Å². The van der Waals surface area contributed by atoms with Gasteiger partial charge in [0.2, 0.25) is 0 Å². The van der Waals surface area contributed by atoms with E-state index in [0.29, 0.717) is 0 Å². The zero-order valence-corrected chi connectivity index (χ0v) is 25.2. The molecule has 7 aromatic carbocycles. The predicted molar refractivity (Wildman–Crippen MR) is 191 cm³/mol. The standard InChI is InChI=1S/C43H27NS/c1-2-13-27(14-3-1)28-18-10-19-31-32-20-11-26-39(42(32)45-41(28)31)44-38-25-12-24-37-40(38)33-17-6-9-23-36(33)43(37)34-21-7-4-15-29(34)30-16-5-8-22-35(30)43/h1-26,44H. The third-order valence-corrected chi connectivity index (χ3v) is 11.2. The van der Waals surface area contributed by atoms with Crippen molar-refractivity contribution in [1.82, 2.24) is 0 Å². The highest BCUT2D eigenvalue weighted by Gasteiger charge is 2.51. The Morgan fingerprint density at radius 3 is 1.62 bits per heavy atom. The maximum Gasteiger partial charge on any atom is 0.0726 e. The lowest BCUT2D eigenvalue weighted by Crippen LogP contribution is -2.25. The highest BCUT2D eigenvalue weighted by molar-refractivity contribution is 7.27. The zero-order chi connectivity index (χ0) is 29.5. The quantitative estimate of drug-likeness (QED) is 0.216. The van der Waals surface area contributed by atoms with Crippen LogP contribution in [0.25, 0.3) is 53.6 Å². The fourth-order valence-electron chi connectivity index (χ4n) is 8.16. The molecule has 1 heterocycles. The molecule has 0 amide bonds. The second-order valence-corrected chi connectivity index (χ2v) is 13.1. The first-order valence-electron chi connectivity index (χ1n) is 15.5. The van der Waals surface area contributed by atoms with E-state index in [0.717, 1.165) is 11.4 Å². The van der Waals surface area contributed by atoms with E-state index in [1.165, 1.54) is 75.8 Å². The van der Waals surface area contributed by atoms with Crippen LogP contribution in [0.15, 0.2) is 158 Å². The molecule has 0 radical (unpaired) electrons. The monoisotopic (exact) mass is 589 g/mol. The molecule has 0 bridgehead atoms. The van der Waals surface area contributed by atoms with E-state index in [-0.39, 0.29) is 5.41 Å². The van der Waals surface area contributed by atoms with Crippen molar-refractivity contribution in [2.45, 2.75) is 5.41 Å². The average Bonchev–Trinajstić information content (AvgIpc) is 3.74. The molecular formula is C43H27NS. The maximum absolute atomic E-state index is 3.97. The molecule has 8 aromatic rings. The molecule has 1 spiro atoms. The summed E-state index contributed by atoms with van der Waals surface area (Å²) in [5.74, 6) is 0. The fourth-order valence-corrected chi connectivity index (χ4v) is 9.46. The Kier molecular flexibility index (Phi) is 5.14. The smallest absolute Gasteiger partial charge is 0.0726 e. The summed E-state index contributed by atoms with van der Waals surface area (Å²) in [6, 6.07) is 58.0. The number of hydrogen-bond donors (Lipinski definition) is 1. The van der Waals surface area contributed by atoms with Crippen LogP contribution in [0.3, 0.4) is 0 Å². The summed E-state index contributed by atoms with van der Waals surface area (Å²) < 4.78 is 2.61. The van der Waals surface area contributed by atoms with Gasteiger partial charge in [-0.2, -0.15) is 0 Å². The third kappa shape index (κ3) is 3.27. The van der Waals surface area contributed by atoms with Crippen molar-refractivity contribution in [2.24, 2.45) is 0 Å². The second-order valence-electron chi connectivity index (χ2n) is 12.1. The molecule has 45 heavy (non-hydrogen) atoms. The van der Waals surface area contributed by atoms with Crippen LogP contribution < -0.4 is 5.32 Å². The van der Waals surface area contributed by atoms with Crippen molar-refractivity contribution in [3.8, 4) is 33.4 Å². The molecule has 0 unspecified atom stereocenters. The summed E-state index contributed by atoms with van der Waals surface area (Å²) in [5, 5.41) is 6.57. The lowest BCUT2D eigenvalue weighted by atomic mass is 9.70. The molecular weight excluding hydrogens is 563 g/mol. The van der Waals surface area contributed by atoms with Crippen LogP contribution in [0.1, 0.15) is 22.3 Å². The molecule has 0 saturated carbocycles. The average molecular weight is 590 g/mol. The number of benzene rings is 7. The first kappa shape index (κ1) is 24.9. The van der Waals surface area contributed by atoms with Crippen molar-refractivity contribution in [3.05, 3.63) is 180 Å². The van der Waals surface area contributed by atoms with Crippen molar-refractivity contribution in [2.75, 3.05) is 5.32 Å². The summed E-state index contributed by atoms with van der Waals surface area (Å²) in [5.41, 5.74) is 15.2. The number of hydrogen-bond acceptors (Lipinski definition) is 2. The van der Waals surface area contributed by atoms with Crippen LogP contribution in [0.5, 0.6) is 0 Å². The van der Waals surface area contributed by atoms with Gasteiger partial charge in [-0.25, -0.2) is 0 Å². The van der Waals surface area contributed by atoms with Crippen LogP contribution in [-0.2, 0) is 5.41 Å². The molecule has 1 nitrogen and oxygen atoms in total. The summed E-state index contributed by atoms with van der Waals surface area (Å²) in [6.07, 6.45) is 0. The van der Waals surface area contributed by atoms with E-state index >= 15 is 0 Å². The fraction of sp³-hybridized carbons (Fsp3) is 0.0233. The van der Waals surface area contributed by atoms with Crippen LogP contribution in [0.4, 0.5) is 11.4 Å². The highest BCUT2D eigenvalue weighted by Crippen LogP contribution is 2.64. The molecule has 210 valence electrons. The molecule has 0 fully saturated rings. The van der Waals surface area contributed by atoms with Gasteiger partial charge in [-0.1, -0.05) is 146 Å². The van der Waals surface area contributed by atoms with Gasteiger partial charge in [-0.15, -0.1) is 11.3 Å². The minimum absolute atomic E-state index is 0.342. The van der Waals surface area contributed by atoms with Crippen LogP contribution in [-0.4, -0.2) is 0 Å². The van der Waals surface area contributed by atoms with Gasteiger partial charge in [0.25, 0.3) is 0 Å². The summed E-state index contributed by atoms with van der Waals surface area (Å²) in [7, 11) is 0. The Hall–Kier alpha value is -5.44. The number of rotatable bonds is 3. The lowest BCUT2D eigenvalue weighted by Gasteiger charge is -2.30. The van der Waals surface area contributed by atoms with Gasteiger partial charge in [0.15, 0.2) is 0 Å². The Morgan fingerprint density at radius 2 is 0.889 bits per heavy atom. The minimum Gasteiger partial charge on any atom is -0.354 e. The van der Waals surface area contributed by atoms with Crippen molar-refractivity contribution in [3.63, 3.8) is 0 Å². The van der Waals surface area contributed by atoms with Gasteiger partial charge in [0.1, 0.15) is 0 Å². The molecule has 0 saturated heterocycles. The van der Waals surface area contributed by atoms with Gasteiger partial charge >= 0.3 is 0 Å². The summed E-state index contributed by atoms with van der Waals surface area (Å²) in [6.45, 7) is 0. The van der Waals surface area contributed by atoms with Gasteiger partial charge in [0, 0.05) is 26.7 Å². The van der Waals surface area contributed by atoms with Gasteiger partial charge < -0.3 is 5.32 Å². The maximum atomic E-state index is 3.97. The topological polar surface area (TPSA) is 12.0 Å². The van der Waals surface area contributed by atoms with Crippen LogP contribution >= 0.6 is 11.3 Å². The zero-order valence-electron chi connectivity index (χ0n) is 24.4. The van der Waals surface area contributed by atoms with Crippen molar-refractivity contribution < 1.29 is 0 Å². The first-order valence-corrected chi connectivity index (χ1v) is 16.3. The Morgan fingerprint density at radius 1 is 0.378 bits per heavy atom. The normalized spacial score (nSPS) is 13.5. The van der Waals surface area contributed by atoms with Gasteiger partial charge in [0.05, 0.1) is 15.8 Å². The van der Waals surface area contributed by atoms with Crippen LogP contribution in [0.2, 0.25) is 0 Å². The minimum atomic E-state index is -0.342. The van der Waals surface area contributed by atoms with E-state index in [2.05, 4.69) is 163 Å². The third-order valence-electron chi connectivity index (χ3n) is 9.90. The number of anilines is 2. The number of thiophene rings is 1. The molecule has 1 N–H and O–H groups in total. The molecule has 10 rings (SSSR count). The summed E-state index contributed by atoms with van der Waals surface area (Å²) >= 11 is 1.89. The molecule has 0 aliphatic heterocycles. The first-order chi connectivity index (χ1) is 22.3. The molecule has 2 aliphatic rings. The Balaban J connectivity index is 1.20. The molecule has 2 aliphatic carbocycles. The van der Waals surface area contributed by atoms with E-state index in [9.17, 15) is 0 Å². The van der Waals surface area contributed by atoms with Crippen molar-refractivity contribution >= 4 is 42.9 Å². The number of nitrogens with one attached hydrogen (secondary N) is 1. The van der Waals surface area contributed by atoms with Crippen LogP contribution in [0, 0.1) is 0 Å². The highest BCUT2D eigenvalue weighted by atomic mass is 32.1. The molecule has 0 atom stereocenters.